The summed E-state index contributed by atoms with van der Waals surface area (Å²) in [5.74, 6) is -0.992. The van der Waals surface area contributed by atoms with Gasteiger partial charge in [0.2, 0.25) is 0 Å². The standard InChI is InChI=1S/C52H54Cl4N6O4S2/c1-11-39(59-47(33-17-25-37(55)26-18-33)43-41(51(59)65)45(57(5)49(43)63)31-13-21-35(53)22-14-31)61(7,8)29(3)67-68-30(4)62(9,10)40(12-2)60-48(34-19-27-38(56)28-20-34)44-42(52(60)66)46(58(6)50(44)64)32-15-23-36(54)24-16-32/h13-30,39-40H,11-12H2,1-10H3/q+2. The molecule has 0 saturated heterocycles. The van der Waals surface area contributed by atoms with Crippen molar-refractivity contribution in [1.29, 1.82) is 0 Å². The van der Waals surface area contributed by atoms with Crippen LogP contribution in [-0.4, -0.2) is 118 Å². The van der Waals surface area contributed by atoms with Gasteiger partial charge in [0.25, 0.3) is 23.6 Å². The number of benzene rings is 4. The Labute approximate surface area is 427 Å². The van der Waals surface area contributed by atoms with Crippen molar-refractivity contribution >= 4 is 114 Å². The molecule has 0 saturated carbocycles. The smallest absolute Gasteiger partial charge is 0.265 e. The van der Waals surface area contributed by atoms with Gasteiger partial charge in [0, 0.05) is 47.0 Å². The summed E-state index contributed by atoms with van der Waals surface area (Å²) in [6, 6.07) is 29.0. The molecule has 0 spiro atoms. The first-order valence-electron chi connectivity index (χ1n) is 22.4. The maximum absolute atomic E-state index is 15.2. The van der Waals surface area contributed by atoms with Crippen LogP contribution in [0.15, 0.2) is 119 Å². The minimum absolute atomic E-state index is 0.0833. The molecule has 16 heteroatoms. The third-order valence-corrected chi connectivity index (χ3v) is 18.8. The molecule has 4 amide bonds. The third kappa shape index (κ3) is 8.32. The van der Waals surface area contributed by atoms with Crippen molar-refractivity contribution in [2.75, 3.05) is 42.3 Å². The molecule has 0 aromatic heterocycles. The largest absolute Gasteiger partial charge is 0.310 e. The quantitative estimate of drug-likeness (QED) is 0.0670. The van der Waals surface area contributed by atoms with E-state index in [9.17, 15) is 9.59 Å². The number of hydrogen-bond donors (Lipinski definition) is 0. The number of quaternary nitrogens is 2. The van der Waals surface area contributed by atoms with Crippen LogP contribution < -0.4 is 0 Å². The topological polar surface area (TPSA) is 81.2 Å². The number of fused-ring (bicyclic) bond motifs is 2. The van der Waals surface area contributed by atoms with E-state index in [0.717, 1.165) is 22.3 Å². The Morgan fingerprint density at radius 2 is 0.662 bits per heavy atom. The van der Waals surface area contributed by atoms with Gasteiger partial charge in [-0.15, -0.1) is 0 Å². The summed E-state index contributed by atoms with van der Waals surface area (Å²) in [6.45, 7) is 8.48. The molecule has 4 aromatic carbocycles. The van der Waals surface area contributed by atoms with Crippen molar-refractivity contribution in [1.82, 2.24) is 19.6 Å². The molecule has 4 unspecified atom stereocenters. The van der Waals surface area contributed by atoms with Crippen LogP contribution in [0.2, 0.25) is 20.1 Å². The second kappa shape index (κ2) is 19.0. The van der Waals surface area contributed by atoms with Crippen molar-refractivity contribution < 1.29 is 28.1 Å². The summed E-state index contributed by atoms with van der Waals surface area (Å²) in [6.07, 6.45) is 0.396. The number of halogens is 4. The van der Waals surface area contributed by atoms with Gasteiger partial charge in [-0.3, -0.25) is 37.9 Å². The minimum atomic E-state index is -0.387. The second-order valence-electron chi connectivity index (χ2n) is 18.4. The van der Waals surface area contributed by atoms with Crippen LogP contribution in [0.4, 0.5) is 0 Å². The fourth-order valence-corrected chi connectivity index (χ4v) is 13.7. The fraction of sp³-hybridized carbons (Fsp3) is 0.308. The molecule has 4 aromatic rings. The predicted molar refractivity (Wildman–Crippen MR) is 279 cm³/mol. The lowest BCUT2D eigenvalue weighted by atomic mass is 10.0. The Morgan fingerprint density at radius 3 is 0.912 bits per heavy atom. The molecule has 8 rings (SSSR count). The number of carbonyl (C=O) groups excluding carboxylic acids is 4. The van der Waals surface area contributed by atoms with Crippen LogP contribution in [0, 0.1) is 0 Å². The summed E-state index contributed by atoms with van der Waals surface area (Å²) in [5.41, 5.74) is 6.56. The summed E-state index contributed by atoms with van der Waals surface area (Å²) >= 11 is 25.3. The maximum atomic E-state index is 15.2. The third-order valence-electron chi connectivity index (χ3n) is 14.0. The lowest BCUT2D eigenvalue weighted by Crippen LogP contribution is -2.61. The van der Waals surface area contributed by atoms with Gasteiger partial charge in [-0.1, -0.05) is 109 Å². The Balaban J connectivity index is 1.11. The summed E-state index contributed by atoms with van der Waals surface area (Å²) < 4.78 is 0.786. The molecule has 10 nitrogen and oxygen atoms in total. The average molecular weight is 1030 g/mol. The first kappa shape index (κ1) is 49.9. The Bertz CT molecular complexity index is 2670. The van der Waals surface area contributed by atoms with E-state index in [4.69, 9.17) is 46.4 Å². The van der Waals surface area contributed by atoms with E-state index in [1.165, 1.54) is 0 Å². The molecule has 0 aliphatic carbocycles. The monoisotopic (exact) mass is 1030 g/mol. The number of carbonyl (C=O) groups is 4. The van der Waals surface area contributed by atoms with Gasteiger partial charge in [0.05, 0.1) is 73.3 Å². The zero-order chi connectivity index (χ0) is 49.3. The van der Waals surface area contributed by atoms with E-state index in [-0.39, 0.29) is 46.7 Å². The normalized spacial score (nSPS) is 18.5. The van der Waals surface area contributed by atoms with Gasteiger partial charge >= 0.3 is 0 Å². The zero-order valence-corrected chi connectivity index (χ0v) is 44.3. The molecule has 0 N–H and O–H groups in total. The van der Waals surface area contributed by atoms with Crippen molar-refractivity contribution in [3.05, 3.63) is 162 Å². The molecule has 0 fully saturated rings. The van der Waals surface area contributed by atoms with Gasteiger partial charge < -0.3 is 9.80 Å². The SMILES string of the molecule is CCC(N1C(=O)C2=C(c3ccc(Cl)cc3)N(C)C(=O)C2=C1c1ccc(Cl)cc1)[N+](C)(C)C(C)SSC(C)[N+](C)(C)C(CC)N1C(=O)C2=C(c3ccc(Cl)cc3)N(C)C(=O)C2=C1c1ccc(Cl)cc1. The highest BCUT2D eigenvalue weighted by Gasteiger charge is 2.55. The number of amides is 4. The van der Waals surface area contributed by atoms with Gasteiger partial charge in [0.15, 0.2) is 12.3 Å². The highest BCUT2D eigenvalue weighted by molar-refractivity contribution is 8.77. The van der Waals surface area contributed by atoms with Gasteiger partial charge in [-0.2, -0.15) is 0 Å². The van der Waals surface area contributed by atoms with Crippen molar-refractivity contribution in [3.8, 4) is 0 Å². The molecular formula is C52H54Cl4N6O4S2+2. The van der Waals surface area contributed by atoms with E-state index < -0.39 is 0 Å². The van der Waals surface area contributed by atoms with E-state index in [1.807, 2.05) is 58.3 Å². The lowest BCUT2D eigenvalue weighted by molar-refractivity contribution is -0.932. The van der Waals surface area contributed by atoms with Crippen molar-refractivity contribution in [2.45, 2.75) is 63.6 Å². The molecule has 4 aliphatic rings. The van der Waals surface area contributed by atoms with Crippen molar-refractivity contribution in [3.63, 3.8) is 0 Å². The Kier molecular flexibility index (Phi) is 14.0. The lowest BCUT2D eigenvalue weighted by Gasteiger charge is -2.48. The molecule has 68 heavy (non-hydrogen) atoms. The predicted octanol–water partition coefficient (Wildman–Crippen LogP) is 11.6. The number of nitrogens with zero attached hydrogens (tertiary/aromatic N) is 6. The average Bonchev–Trinajstić information content (AvgIpc) is 3.95. The Hall–Kier alpha value is -4.50. The van der Waals surface area contributed by atoms with Crippen LogP contribution >= 0.6 is 68.0 Å². The van der Waals surface area contributed by atoms with Gasteiger partial charge in [-0.25, -0.2) is 0 Å². The number of likely N-dealkylation sites (N-methyl/N-ethyl adjacent to an activating group) is 2. The highest BCUT2D eigenvalue weighted by Crippen LogP contribution is 2.51. The van der Waals surface area contributed by atoms with Crippen molar-refractivity contribution in [2.24, 2.45) is 0 Å². The molecule has 4 heterocycles. The first-order chi connectivity index (χ1) is 32.2. The minimum Gasteiger partial charge on any atom is -0.310 e. The van der Waals surface area contributed by atoms with Crippen LogP contribution in [0.25, 0.3) is 22.8 Å². The van der Waals surface area contributed by atoms with Crippen LogP contribution in [0.5, 0.6) is 0 Å². The van der Waals surface area contributed by atoms with Crippen LogP contribution in [0.3, 0.4) is 0 Å². The van der Waals surface area contributed by atoms with E-state index in [1.54, 1.807) is 94.0 Å². The molecular weight excluding hydrogens is 979 g/mol. The summed E-state index contributed by atoms with van der Waals surface area (Å²) in [5, 5.41) is 2.03. The van der Waals surface area contributed by atoms with E-state index >= 15 is 9.59 Å². The Morgan fingerprint density at radius 1 is 0.426 bits per heavy atom. The van der Waals surface area contributed by atoms with Crippen LogP contribution in [-0.2, 0) is 19.2 Å². The molecule has 0 radical (unpaired) electrons. The summed E-state index contributed by atoms with van der Waals surface area (Å²) in [4.78, 5) is 65.8. The second-order valence-corrected chi connectivity index (χ2v) is 23.1. The summed E-state index contributed by atoms with van der Waals surface area (Å²) in [7, 11) is 15.4. The molecule has 4 aliphatic heterocycles. The van der Waals surface area contributed by atoms with Gasteiger partial charge in [0.1, 0.15) is 10.7 Å². The zero-order valence-electron chi connectivity index (χ0n) is 39.6. The number of hydrogen-bond acceptors (Lipinski definition) is 6. The molecule has 0 bridgehead atoms. The fourth-order valence-electron chi connectivity index (χ4n) is 9.88. The number of rotatable bonds is 15. The molecule has 354 valence electrons. The molecule has 4 atom stereocenters. The first-order valence-corrected chi connectivity index (χ1v) is 26.2. The van der Waals surface area contributed by atoms with Crippen LogP contribution in [0.1, 0.15) is 62.8 Å². The highest BCUT2D eigenvalue weighted by atomic mass is 35.5. The van der Waals surface area contributed by atoms with E-state index in [0.29, 0.717) is 87.0 Å². The van der Waals surface area contributed by atoms with E-state index in [2.05, 4.69) is 55.9 Å². The maximum Gasteiger partial charge on any atom is 0.265 e. The van der Waals surface area contributed by atoms with Gasteiger partial charge in [-0.05, 0) is 106 Å².